The van der Waals surface area contributed by atoms with Gasteiger partial charge in [-0.3, -0.25) is 19.7 Å². The van der Waals surface area contributed by atoms with Gasteiger partial charge in [-0.25, -0.2) is 0 Å². The second kappa shape index (κ2) is 10.6. The van der Waals surface area contributed by atoms with Crippen LogP contribution in [0.3, 0.4) is 0 Å². The Bertz CT molecular complexity index is 799. The van der Waals surface area contributed by atoms with E-state index in [0.717, 1.165) is 32.5 Å². The fraction of sp³-hybridized carbons (Fsp3) is 0.636. The van der Waals surface area contributed by atoms with E-state index in [2.05, 4.69) is 17.1 Å². The predicted molar refractivity (Wildman–Crippen MR) is 119 cm³/mol. The van der Waals surface area contributed by atoms with Gasteiger partial charge in [0, 0.05) is 63.9 Å². The third-order valence-corrected chi connectivity index (χ3v) is 6.25. The number of nitrogens with zero attached hydrogens (tertiary/aromatic N) is 4. The van der Waals surface area contributed by atoms with Crippen LogP contribution in [-0.2, 0) is 4.79 Å². The van der Waals surface area contributed by atoms with Gasteiger partial charge in [0.2, 0.25) is 5.91 Å². The molecule has 3 rings (SSSR count). The Morgan fingerprint density at radius 3 is 2.39 bits per heavy atom. The lowest BCUT2D eigenvalue weighted by Crippen LogP contribution is -2.48. The number of anilines is 1. The van der Waals surface area contributed by atoms with Crippen molar-refractivity contribution in [3.63, 3.8) is 0 Å². The molecule has 2 aliphatic rings. The van der Waals surface area contributed by atoms with Crippen molar-refractivity contribution in [2.45, 2.75) is 45.6 Å². The summed E-state index contributed by atoms with van der Waals surface area (Å²) < 4.78 is 0. The minimum atomic E-state index is -0.435. The molecule has 0 radical (unpaired) electrons. The lowest BCUT2D eigenvalue weighted by atomic mass is 10.0. The Balaban J connectivity index is 1.62. The summed E-state index contributed by atoms with van der Waals surface area (Å²) in [6.07, 6.45) is 4.17. The number of nitrogens with one attached hydrogen (secondary N) is 1. The van der Waals surface area contributed by atoms with E-state index in [4.69, 9.17) is 0 Å². The van der Waals surface area contributed by atoms with Crippen LogP contribution in [-0.4, -0.2) is 78.4 Å². The first-order valence-corrected chi connectivity index (χ1v) is 11.2. The van der Waals surface area contributed by atoms with Crippen LogP contribution in [0.5, 0.6) is 0 Å². The van der Waals surface area contributed by atoms with Gasteiger partial charge in [-0.2, -0.15) is 0 Å². The van der Waals surface area contributed by atoms with Crippen molar-refractivity contribution in [1.29, 1.82) is 0 Å². The number of nitro groups is 1. The lowest BCUT2D eigenvalue weighted by Gasteiger charge is -2.35. The first kappa shape index (κ1) is 23.0. The number of unbranched alkanes of at least 4 members (excludes halogenated alkanes) is 1. The van der Waals surface area contributed by atoms with Gasteiger partial charge in [0.15, 0.2) is 0 Å². The zero-order valence-electron chi connectivity index (χ0n) is 18.5. The van der Waals surface area contributed by atoms with Crippen molar-refractivity contribution in [1.82, 2.24) is 15.1 Å². The number of carbonyl (C=O) groups excluding carboxylic acids is 2. The highest BCUT2D eigenvalue weighted by atomic mass is 16.6. The number of carbonyl (C=O) groups is 2. The van der Waals surface area contributed by atoms with Gasteiger partial charge in [-0.15, -0.1) is 0 Å². The molecular weight excluding hydrogens is 398 g/mol. The molecule has 1 aromatic rings. The number of piperidine rings is 1. The van der Waals surface area contributed by atoms with E-state index in [-0.39, 0.29) is 23.5 Å². The second-order valence-electron chi connectivity index (χ2n) is 8.40. The van der Waals surface area contributed by atoms with Crippen LogP contribution in [0.2, 0.25) is 0 Å². The largest absolute Gasteiger partial charge is 0.362 e. The summed E-state index contributed by atoms with van der Waals surface area (Å²) in [4.78, 5) is 41.6. The standard InChI is InChI=1S/C22H33N5O4/c1-3-4-9-24-10-7-19(8-11-24)23-22(29)18-5-6-20(21(16-18)27(30)31)26-14-12-25(13-15-26)17(2)28/h5-6,16,19H,3-4,7-15H2,1-2H3,(H,23,29). The molecule has 0 bridgehead atoms. The zero-order valence-corrected chi connectivity index (χ0v) is 18.5. The predicted octanol–water partition coefficient (Wildman–Crippen LogP) is 2.26. The Morgan fingerprint density at radius 2 is 1.81 bits per heavy atom. The zero-order chi connectivity index (χ0) is 22.4. The first-order chi connectivity index (χ1) is 14.9. The van der Waals surface area contributed by atoms with E-state index in [1.54, 1.807) is 17.0 Å². The number of likely N-dealkylation sites (tertiary alicyclic amines) is 1. The minimum Gasteiger partial charge on any atom is -0.362 e. The van der Waals surface area contributed by atoms with Crippen LogP contribution >= 0.6 is 0 Å². The van der Waals surface area contributed by atoms with Gasteiger partial charge >= 0.3 is 0 Å². The number of hydrogen-bond donors (Lipinski definition) is 1. The Labute approximate surface area is 183 Å². The molecule has 1 aromatic carbocycles. The van der Waals surface area contributed by atoms with Gasteiger partial charge in [0.1, 0.15) is 5.69 Å². The maximum absolute atomic E-state index is 12.7. The Kier molecular flexibility index (Phi) is 7.84. The lowest BCUT2D eigenvalue weighted by molar-refractivity contribution is -0.384. The molecule has 0 aromatic heterocycles. The van der Waals surface area contributed by atoms with Crippen molar-refractivity contribution < 1.29 is 14.5 Å². The number of hydrogen-bond acceptors (Lipinski definition) is 6. The topological polar surface area (TPSA) is 99.0 Å². The van der Waals surface area contributed by atoms with Crippen molar-refractivity contribution in [2.24, 2.45) is 0 Å². The van der Waals surface area contributed by atoms with Crippen LogP contribution in [0.25, 0.3) is 0 Å². The summed E-state index contributed by atoms with van der Waals surface area (Å²) in [5.74, 6) is -0.250. The summed E-state index contributed by atoms with van der Waals surface area (Å²) in [6.45, 7) is 8.88. The van der Waals surface area contributed by atoms with Crippen LogP contribution in [0.4, 0.5) is 11.4 Å². The highest BCUT2D eigenvalue weighted by Crippen LogP contribution is 2.30. The fourth-order valence-electron chi connectivity index (χ4n) is 4.29. The highest BCUT2D eigenvalue weighted by Gasteiger charge is 2.27. The number of nitro benzene ring substituents is 1. The maximum atomic E-state index is 12.7. The van der Waals surface area contributed by atoms with E-state index in [0.29, 0.717) is 37.4 Å². The molecule has 9 heteroatoms. The maximum Gasteiger partial charge on any atom is 0.293 e. The molecule has 0 unspecified atom stereocenters. The van der Waals surface area contributed by atoms with Crippen LogP contribution in [0.1, 0.15) is 49.9 Å². The number of piperazine rings is 1. The van der Waals surface area contributed by atoms with Crippen LogP contribution in [0, 0.1) is 10.1 Å². The minimum absolute atomic E-state index is 0.0114. The summed E-state index contributed by atoms with van der Waals surface area (Å²) >= 11 is 0. The molecule has 2 heterocycles. The SMILES string of the molecule is CCCCN1CCC(NC(=O)c2ccc(N3CCN(C(C)=O)CC3)c([N+](=O)[O-])c2)CC1. The van der Waals surface area contributed by atoms with Crippen molar-refractivity contribution >= 4 is 23.2 Å². The van der Waals surface area contributed by atoms with Gasteiger partial charge in [0.25, 0.3) is 11.6 Å². The molecule has 0 aliphatic carbocycles. The number of benzene rings is 1. The monoisotopic (exact) mass is 431 g/mol. The molecule has 2 saturated heterocycles. The van der Waals surface area contributed by atoms with E-state index in [9.17, 15) is 19.7 Å². The molecule has 2 aliphatic heterocycles. The molecule has 0 atom stereocenters. The summed E-state index contributed by atoms with van der Waals surface area (Å²) in [5, 5.41) is 14.8. The normalized spacial score (nSPS) is 18.1. The third-order valence-electron chi connectivity index (χ3n) is 6.25. The molecule has 1 N–H and O–H groups in total. The average Bonchev–Trinajstić information content (AvgIpc) is 2.78. The van der Waals surface area contributed by atoms with Crippen LogP contribution < -0.4 is 10.2 Å². The highest BCUT2D eigenvalue weighted by molar-refractivity contribution is 5.96. The van der Waals surface area contributed by atoms with Gasteiger partial charge in [-0.05, 0) is 37.9 Å². The number of amides is 2. The van der Waals surface area contributed by atoms with E-state index < -0.39 is 4.92 Å². The van der Waals surface area contributed by atoms with Gasteiger partial charge < -0.3 is 20.0 Å². The molecular formula is C22H33N5O4. The van der Waals surface area contributed by atoms with Gasteiger partial charge in [0.05, 0.1) is 4.92 Å². The van der Waals surface area contributed by atoms with E-state index in [1.807, 2.05) is 4.90 Å². The molecule has 9 nitrogen and oxygen atoms in total. The molecule has 0 spiro atoms. The Hall–Kier alpha value is -2.68. The summed E-state index contributed by atoms with van der Waals surface area (Å²) in [6, 6.07) is 4.79. The summed E-state index contributed by atoms with van der Waals surface area (Å²) in [5.41, 5.74) is 0.735. The average molecular weight is 432 g/mol. The third kappa shape index (κ3) is 5.94. The Morgan fingerprint density at radius 1 is 1.13 bits per heavy atom. The van der Waals surface area contributed by atoms with Gasteiger partial charge in [-0.1, -0.05) is 13.3 Å². The number of rotatable bonds is 7. The van der Waals surface area contributed by atoms with Crippen molar-refractivity contribution in [3.05, 3.63) is 33.9 Å². The molecule has 2 fully saturated rings. The molecule has 31 heavy (non-hydrogen) atoms. The van der Waals surface area contributed by atoms with E-state index >= 15 is 0 Å². The molecule has 0 saturated carbocycles. The van der Waals surface area contributed by atoms with Crippen LogP contribution in [0.15, 0.2) is 18.2 Å². The quantitative estimate of drug-likeness (QED) is 0.525. The van der Waals surface area contributed by atoms with E-state index in [1.165, 1.54) is 25.8 Å². The smallest absolute Gasteiger partial charge is 0.293 e. The molecule has 2 amide bonds. The van der Waals surface area contributed by atoms with Crippen molar-refractivity contribution in [3.8, 4) is 0 Å². The first-order valence-electron chi connectivity index (χ1n) is 11.2. The summed E-state index contributed by atoms with van der Waals surface area (Å²) in [7, 11) is 0. The van der Waals surface area contributed by atoms with Crippen molar-refractivity contribution in [2.75, 3.05) is 50.7 Å². The molecule has 170 valence electrons. The fourth-order valence-corrected chi connectivity index (χ4v) is 4.29. The second-order valence-corrected chi connectivity index (χ2v) is 8.40.